The Kier molecular flexibility index (Phi) is 7.25. The smallest absolute Gasteiger partial charge is 0.358 e. The lowest BCUT2D eigenvalue weighted by Crippen LogP contribution is -2.40. The molecule has 0 bridgehead atoms. The van der Waals surface area contributed by atoms with Crippen molar-refractivity contribution in [1.82, 2.24) is 0 Å². The van der Waals surface area contributed by atoms with Crippen LogP contribution in [0.1, 0.15) is 39.5 Å². The molecule has 4 nitrogen and oxygen atoms in total. The van der Waals surface area contributed by atoms with E-state index in [1.165, 1.54) is 0 Å². The van der Waals surface area contributed by atoms with Gasteiger partial charge in [-0.3, -0.25) is 0 Å². The van der Waals surface area contributed by atoms with Gasteiger partial charge in [-0.25, -0.2) is 9.18 Å². The number of hydrogen-bond donors (Lipinski definition) is 0. The van der Waals surface area contributed by atoms with Gasteiger partial charge in [-0.2, -0.15) is 0 Å². The molecule has 19 heavy (non-hydrogen) atoms. The van der Waals surface area contributed by atoms with Crippen molar-refractivity contribution < 1.29 is 23.4 Å². The zero-order valence-corrected chi connectivity index (χ0v) is 13.1. The standard InChI is InChI=1S/C13H22BrFO4/c1-3-5-7-17-9-10-11(18-8-6-4-2)13(14,15)12(16)19-10/h10-11H,3-9H2,1-2H3/t10-,11+,13-/m1/s1. The Bertz CT molecular complexity index is 286. The number of carbonyl (C=O) groups excluding carboxylic acids is 1. The fourth-order valence-corrected chi connectivity index (χ4v) is 2.28. The van der Waals surface area contributed by atoms with Gasteiger partial charge in [-0.15, -0.1) is 0 Å². The number of hydrogen-bond acceptors (Lipinski definition) is 4. The van der Waals surface area contributed by atoms with Gasteiger partial charge >= 0.3 is 5.97 Å². The molecule has 0 spiro atoms. The molecule has 0 radical (unpaired) electrons. The van der Waals surface area contributed by atoms with Crippen molar-refractivity contribution in [2.24, 2.45) is 0 Å². The van der Waals surface area contributed by atoms with E-state index in [4.69, 9.17) is 14.2 Å². The van der Waals surface area contributed by atoms with E-state index >= 15 is 0 Å². The maximum Gasteiger partial charge on any atom is 0.358 e. The molecular formula is C13H22BrFO4. The van der Waals surface area contributed by atoms with Gasteiger partial charge in [0.15, 0.2) is 12.2 Å². The second-order valence-electron chi connectivity index (χ2n) is 4.64. The summed E-state index contributed by atoms with van der Waals surface area (Å²) in [4.78, 5) is 11.5. The van der Waals surface area contributed by atoms with Gasteiger partial charge in [0.05, 0.1) is 6.61 Å². The number of cyclic esters (lactones) is 1. The molecule has 0 aromatic carbocycles. The van der Waals surface area contributed by atoms with Crippen LogP contribution < -0.4 is 0 Å². The minimum Gasteiger partial charge on any atom is -0.454 e. The first-order valence-electron chi connectivity index (χ1n) is 6.82. The van der Waals surface area contributed by atoms with Crippen molar-refractivity contribution >= 4 is 21.9 Å². The lowest BCUT2D eigenvalue weighted by atomic mass is 10.1. The maximum absolute atomic E-state index is 14.2. The number of carbonyl (C=O) groups is 1. The normalized spacial score (nSPS) is 30.6. The molecule has 6 heteroatoms. The van der Waals surface area contributed by atoms with Gasteiger partial charge in [-0.1, -0.05) is 26.7 Å². The van der Waals surface area contributed by atoms with E-state index < -0.39 is 22.8 Å². The average molecular weight is 341 g/mol. The molecule has 112 valence electrons. The highest BCUT2D eigenvalue weighted by Crippen LogP contribution is 2.38. The molecule has 1 rings (SSSR count). The van der Waals surface area contributed by atoms with Gasteiger partial charge < -0.3 is 14.2 Å². The third-order valence-corrected chi connectivity index (χ3v) is 3.72. The topological polar surface area (TPSA) is 44.8 Å². The molecule has 1 aliphatic rings. The van der Waals surface area contributed by atoms with Crippen LogP contribution in [0.15, 0.2) is 0 Å². The van der Waals surface area contributed by atoms with Crippen molar-refractivity contribution in [3.8, 4) is 0 Å². The summed E-state index contributed by atoms with van der Waals surface area (Å²) in [6, 6.07) is 0. The molecule has 0 saturated carbocycles. The molecule has 1 aliphatic heterocycles. The summed E-state index contributed by atoms with van der Waals surface area (Å²) in [7, 11) is 0. The van der Waals surface area contributed by atoms with Crippen LogP contribution in [0.25, 0.3) is 0 Å². The van der Waals surface area contributed by atoms with Crippen LogP contribution in [0.5, 0.6) is 0 Å². The molecule has 1 heterocycles. The van der Waals surface area contributed by atoms with E-state index in [1.807, 2.05) is 6.92 Å². The fraction of sp³-hybridized carbons (Fsp3) is 0.923. The summed E-state index contributed by atoms with van der Waals surface area (Å²) < 4.78 is 27.8. The highest BCUT2D eigenvalue weighted by Gasteiger charge is 2.58. The molecule has 0 aromatic rings. The van der Waals surface area contributed by atoms with Crippen molar-refractivity contribution in [2.45, 2.75) is 56.3 Å². The summed E-state index contributed by atoms with van der Waals surface area (Å²) in [5.41, 5.74) is 0. The van der Waals surface area contributed by atoms with Gasteiger partial charge in [-0.05, 0) is 28.8 Å². The first kappa shape index (κ1) is 16.9. The molecule has 1 fully saturated rings. The number of alkyl halides is 2. The van der Waals surface area contributed by atoms with Gasteiger partial charge in [0.2, 0.25) is 0 Å². The second-order valence-corrected chi connectivity index (χ2v) is 5.79. The molecule has 0 N–H and O–H groups in total. The summed E-state index contributed by atoms with van der Waals surface area (Å²) >= 11 is 2.77. The molecule has 1 saturated heterocycles. The second kappa shape index (κ2) is 8.17. The zero-order chi connectivity index (χ0) is 14.3. The lowest BCUT2D eigenvalue weighted by Gasteiger charge is -2.21. The highest BCUT2D eigenvalue weighted by atomic mass is 79.9. The van der Waals surface area contributed by atoms with Crippen molar-refractivity contribution in [1.29, 1.82) is 0 Å². The van der Waals surface area contributed by atoms with Crippen LogP contribution in [0.2, 0.25) is 0 Å². The molecule has 3 atom stereocenters. The average Bonchev–Trinajstić information content (AvgIpc) is 2.58. The lowest BCUT2D eigenvalue weighted by molar-refractivity contribution is -0.147. The quantitative estimate of drug-likeness (QED) is 0.367. The minimum absolute atomic E-state index is 0.166. The summed E-state index contributed by atoms with van der Waals surface area (Å²) in [6.07, 6.45) is 2.07. The number of esters is 1. The van der Waals surface area contributed by atoms with E-state index in [2.05, 4.69) is 22.9 Å². The van der Waals surface area contributed by atoms with Gasteiger partial charge in [0.25, 0.3) is 4.58 Å². The van der Waals surface area contributed by atoms with E-state index in [0.29, 0.717) is 13.2 Å². The van der Waals surface area contributed by atoms with E-state index in [9.17, 15) is 9.18 Å². The Morgan fingerprint density at radius 3 is 2.58 bits per heavy atom. The third-order valence-electron chi connectivity index (χ3n) is 2.95. The van der Waals surface area contributed by atoms with Gasteiger partial charge in [0.1, 0.15) is 0 Å². The molecular weight excluding hydrogens is 319 g/mol. The predicted octanol–water partition coefficient (Wildman–Crippen LogP) is 2.97. The summed E-state index contributed by atoms with van der Waals surface area (Å²) in [6.45, 7) is 5.22. The zero-order valence-electron chi connectivity index (χ0n) is 11.5. The fourth-order valence-electron chi connectivity index (χ4n) is 1.76. The Morgan fingerprint density at radius 1 is 1.32 bits per heavy atom. The monoisotopic (exact) mass is 340 g/mol. The number of halogens is 2. The first-order valence-corrected chi connectivity index (χ1v) is 7.61. The molecule has 0 amide bonds. The number of rotatable bonds is 9. The van der Waals surface area contributed by atoms with Crippen molar-refractivity contribution in [2.75, 3.05) is 19.8 Å². The van der Waals surface area contributed by atoms with E-state index in [-0.39, 0.29) is 6.61 Å². The van der Waals surface area contributed by atoms with Crippen molar-refractivity contribution in [3.05, 3.63) is 0 Å². The van der Waals surface area contributed by atoms with Crippen LogP contribution in [-0.4, -0.2) is 42.6 Å². The Labute approximate surface area is 122 Å². The molecule has 0 aromatic heterocycles. The first-order chi connectivity index (χ1) is 9.04. The SMILES string of the molecule is CCCCOC[C@H]1OC(=O)[C@@](F)(Br)[C@H]1OCCCC. The summed E-state index contributed by atoms with van der Waals surface area (Å²) in [5.74, 6) is -0.932. The number of ether oxygens (including phenoxy) is 3. The number of unbranched alkanes of at least 4 members (excludes halogenated alkanes) is 2. The Balaban J connectivity index is 2.49. The highest BCUT2D eigenvalue weighted by molar-refractivity contribution is 9.10. The van der Waals surface area contributed by atoms with Crippen LogP contribution in [0.3, 0.4) is 0 Å². The Hall–Kier alpha value is -0.200. The minimum atomic E-state index is -2.26. The van der Waals surface area contributed by atoms with Crippen LogP contribution in [0, 0.1) is 0 Å². The third kappa shape index (κ3) is 4.68. The molecule has 0 unspecified atom stereocenters. The largest absolute Gasteiger partial charge is 0.454 e. The van der Waals surface area contributed by atoms with Crippen LogP contribution in [0.4, 0.5) is 4.39 Å². The predicted molar refractivity (Wildman–Crippen MR) is 73.0 cm³/mol. The van der Waals surface area contributed by atoms with Crippen LogP contribution in [-0.2, 0) is 19.0 Å². The Morgan fingerprint density at radius 2 is 1.95 bits per heavy atom. The van der Waals surface area contributed by atoms with Crippen LogP contribution >= 0.6 is 15.9 Å². The molecule has 0 aliphatic carbocycles. The maximum atomic E-state index is 14.2. The van der Waals surface area contributed by atoms with E-state index in [1.54, 1.807) is 0 Å². The van der Waals surface area contributed by atoms with E-state index in [0.717, 1.165) is 25.7 Å². The summed E-state index contributed by atoms with van der Waals surface area (Å²) in [5, 5.41) is 0. The van der Waals surface area contributed by atoms with Gasteiger partial charge in [0, 0.05) is 13.2 Å². The van der Waals surface area contributed by atoms with Crippen molar-refractivity contribution in [3.63, 3.8) is 0 Å².